The number of hydrogen-bond acceptors (Lipinski definition) is 7. The predicted molar refractivity (Wildman–Crippen MR) is 108 cm³/mol. The Morgan fingerprint density at radius 2 is 1.93 bits per heavy atom. The number of hydrazone groups is 1. The zero-order valence-electron chi connectivity index (χ0n) is 15.5. The van der Waals surface area contributed by atoms with Gasteiger partial charge in [0, 0.05) is 19.3 Å². The number of fused-ring (bicyclic) bond motifs is 1. The van der Waals surface area contributed by atoms with Crippen LogP contribution in [0.25, 0.3) is 5.65 Å². The first-order valence-electron chi connectivity index (χ1n) is 9.10. The number of para-hydroxylation sites is 1. The van der Waals surface area contributed by atoms with E-state index in [-0.39, 0.29) is 22.4 Å². The number of aromatic nitrogens is 2. The smallest absolute Gasteiger partial charge is 0.275 e. The van der Waals surface area contributed by atoms with Crippen molar-refractivity contribution in [3.8, 4) is 5.75 Å². The van der Waals surface area contributed by atoms with Crippen molar-refractivity contribution >= 4 is 23.6 Å². The minimum atomic E-state index is -0.582. The van der Waals surface area contributed by atoms with E-state index in [9.17, 15) is 14.7 Å². The van der Waals surface area contributed by atoms with Crippen molar-refractivity contribution in [2.75, 3.05) is 31.2 Å². The van der Waals surface area contributed by atoms with Crippen molar-refractivity contribution in [2.24, 2.45) is 5.10 Å². The van der Waals surface area contributed by atoms with Crippen molar-refractivity contribution in [1.82, 2.24) is 14.8 Å². The van der Waals surface area contributed by atoms with Crippen LogP contribution in [0.2, 0.25) is 0 Å². The number of aromatic hydroxyl groups is 1. The van der Waals surface area contributed by atoms with E-state index in [1.807, 2.05) is 11.0 Å². The molecule has 0 atom stereocenters. The van der Waals surface area contributed by atoms with Gasteiger partial charge >= 0.3 is 0 Å². The predicted octanol–water partition coefficient (Wildman–Crippen LogP) is 1.00. The molecule has 4 rings (SSSR count). The first-order valence-corrected chi connectivity index (χ1v) is 9.10. The zero-order valence-corrected chi connectivity index (χ0v) is 15.5. The van der Waals surface area contributed by atoms with Gasteiger partial charge in [-0.2, -0.15) is 5.10 Å². The minimum Gasteiger partial charge on any atom is -0.507 e. The largest absolute Gasteiger partial charge is 0.507 e. The van der Waals surface area contributed by atoms with Crippen LogP contribution >= 0.6 is 0 Å². The quantitative estimate of drug-likeness (QED) is 0.506. The molecule has 2 aromatic heterocycles. The fraction of sp³-hybridized carbons (Fsp3) is 0.200. The second-order valence-corrected chi connectivity index (χ2v) is 6.40. The van der Waals surface area contributed by atoms with Gasteiger partial charge in [-0.1, -0.05) is 18.2 Å². The van der Waals surface area contributed by atoms with Crippen LogP contribution in [-0.4, -0.2) is 52.9 Å². The summed E-state index contributed by atoms with van der Waals surface area (Å²) in [6.07, 6.45) is 2.92. The number of benzene rings is 1. The molecular weight excluding hydrogens is 374 g/mol. The van der Waals surface area contributed by atoms with Crippen molar-refractivity contribution in [3.63, 3.8) is 0 Å². The number of amides is 1. The standard InChI is InChI=1S/C20H19N5O4/c26-16-6-2-1-5-14(16)19(27)23-21-13-15-18(24-9-11-29-12-10-24)22-17-7-3-4-8-25(17)20(15)28/h1-8,13,26H,9-12H2,(H,23,27)/b21-13+. The molecule has 1 aliphatic rings. The Hall–Kier alpha value is -3.72. The molecule has 9 heteroatoms. The van der Waals surface area contributed by atoms with Gasteiger partial charge in [0.1, 0.15) is 22.8 Å². The van der Waals surface area contributed by atoms with Crippen LogP contribution in [0.3, 0.4) is 0 Å². The number of carbonyl (C=O) groups excluding carboxylic acids is 1. The summed E-state index contributed by atoms with van der Waals surface area (Å²) in [5, 5.41) is 13.7. The normalized spacial score (nSPS) is 14.4. The summed E-state index contributed by atoms with van der Waals surface area (Å²) in [4.78, 5) is 31.8. The molecule has 1 aromatic carbocycles. The lowest BCUT2D eigenvalue weighted by Crippen LogP contribution is -2.39. The summed E-state index contributed by atoms with van der Waals surface area (Å²) < 4.78 is 6.81. The maximum absolute atomic E-state index is 13.0. The van der Waals surface area contributed by atoms with Gasteiger partial charge in [-0.25, -0.2) is 10.4 Å². The number of pyridine rings is 1. The molecule has 3 aromatic rings. The summed E-state index contributed by atoms with van der Waals surface area (Å²) in [6.45, 7) is 2.27. The molecule has 148 valence electrons. The van der Waals surface area contributed by atoms with Crippen LogP contribution in [0.15, 0.2) is 58.6 Å². The highest BCUT2D eigenvalue weighted by molar-refractivity contribution is 5.97. The van der Waals surface area contributed by atoms with Crippen LogP contribution in [0.5, 0.6) is 5.75 Å². The molecular formula is C20H19N5O4. The van der Waals surface area contributed by atoms with Crippen LogP contribution < -0.4 is 15.9 Å². The number of ether oxygens (including phenoxy) is 1. The first-order chi connectivity index (χ1) is 14.1. The third-order valence-corrected chi connectivity index (χ3v) is 4.57. The summed E-state index contributed by atoms with van der Waals surface area (Å²) in [7, 11) is 0. The Labute approximate surface area is 165 Å². The molecule has 1 saturated heterocycles. The number of nitrogens with zero attached hydrogens (tertiary/aromatic N) is 4. The zero-order chi connectivity index (χ0) is 20.2. The van der Waals surface area contributed by atoms with Gasteiger partial charge in [-0.3, -0.25) is 14.0 Å². The van der Waals surface area contributed by atoms with Gasteiger partial charge in [0.15, 0.2) is 0 Å². The maximum atomic E-state index is 13.0. The van der Waals surface area contributed by atoms with Crippen LogP contribution in [-0.2, 0) is 4.74 Å². The Morgan fingerprint density at radius 3 is 2.72 bits per heavy atom. The van der Waals surface area contributed by atoms with Crippen molar-refractivity contribution < 1.29 is 14.6 Å². The van der Waals surface area contributed by atoms with Crippen molar-refractivity contribution in [2.45, 2.75) is 0 Å². The molecule has 0 aliphatic carbocycles. The van der Waals surface area contributed by atoms with Gasteiger partial charge in [-0.05, 0) is 24.3 Å². The van der Waals surface area contributed by atoms with E-state index in [2.05, 4.69) is 15.5 Å². The molecule has 3 heterocycles. The number of morpholine rings is 1. The van der Waals surface area contributed by atoms with E-state index in [1.54, 1.807) is 30.5 Å². The van der Waals surface area contributed by atoms with E-state index < -0.39 is 5.91 Å². The van der Waals surface area contributed by atoms with Gasteiger partial charge in [0.25, 0.3) is 11.5 Å². The topological polar surface area (TPSA) is 109 Å². The Balaban J connectivity index is 1.69. The lowest BCUT2D eigenvalue weighted by Gasteiger charge is -2.28. The maximum Gasteiger partial charge on any atom is 0.275 e. The van der Waals surface area contributed by atoms with E-state index >= 15 is 0 Å². The van der Waals surface area contributed by atoms with E-state index in [4.69, 9.17) is 4.74 Å². The second-order valence-electron chi connectivity index (χ2n) is 6.40. The molecule has 1 aliphatic heterocycles. The van der Waals surface area contributed by atoms with Crippen molar-refractivity contribution in [1.29, 1.82) is 0 Å². The third kappa shape index (κ3) is 3.81. The number of hydrogen-bond donors (Lipinski definition) is 2. The molecule has 1 fully saturated rings. The van der Waals surface area contributed by atoms with Crippen molar-refractivity contribution in [3.05, 3.63) is 70.1 Å². The Kier molecular flexibility index (Phi) is 5.21. The molecule has 0 unspecified atom stereocenters. The van der Waals surface area contributed by atoms with E-state index in [0.29, 0.717) is 37.8 Å². The number of anilines is 1. The lowest BCUT2D eigenvalue weighted by molar-refractivity contribution is 0.0952. The number of carbonyl (C=O) groups is 1. The monoisotopic (exact) mass is 393 g/mol. The van der Waals surface area contributed by atoms with E-state index in [1.165, 1.54) is 22.7 Å². The van der Waals surface area contributed by atoms with Gasteiger partial charge in [0.05, 0.1) is 25.0 Å². The number of rotatable bonds is 4. The molecule has 0 spiro atoms. The highest BCUT2D eigenvalue weighted by Gasteiger charge is 2.19. The van der Waals surface area contributed by atoms with Crippen LogP contribution in [0.4, 0.5) is 5.82 Å². The fourth-order valence-electron chi connectivity index (χ4n) is 3.10. The summed E-state index contributed by atoms with van der Waals surface area (Å²) in [6, 6.07) is 11.4. The Morgan fingerprint density at radius 1 is 1.17 bits per heavy atom. The van der Waals surface area contributed by atoms with E-state index in [0.717, 1.165) is 0 Å². The fourth-order valence-corrected chi connectivity index (χ4v) is 3.10. The number of phenols is 1. The van der Waals surface area contributed by atoms with Gasteiger partial charge in [-0.15, -0.1) is 0 Å². The molecule has 9 nitrogen and oxygen atoms in total. The van der Waals surface area contributed by atoms with Gasteiger partial charge in [0.2, 0.25) is 0 Å². The van der Waals surface area contributed by atoms with Gasteiger partial charge < -0.3 is 14.7 Å². The summed E-state index contributed by atoms with van der Waals surface area (Å²) >= 11 is 0. The third-order valence-electron chi connectivity index (χ3n) is 4.57. The highest BCUT2D eigenvalue weighted by Crippen LogP contribution is 2.17. The molecule has 29 heavy (non-hydrogen) atoms. The average molecular weight is 393 g/mol. The first kappa shape index (κ1) is 18.6. The van der Waals surface area contributed by atoms with Crippen LogP contribution in [0, 0.1) is 0 Å². The summed E-state index contributed by atoms with van der Waals surface area (Å²) in [5.74, 6) is -0.243. The summed E-state index contributed by atoms with van der Waals surface area (Å²) in [5.41, 5.74) is 2.92. The molecule has 0 bridgehead atoms. The van der Waals surface area contributed by atoms with Crippen LogP contribution in [0.1, 0.15) is 15.9 Å². The Bertz CT molecular complexity index is 1140. The second kappa shape index (κ2) is 8.11. The molecule has 1 amide bonds. The molecule has 0 radical (unpaired) electrons. The minimum absolute atomic E-state index is 0.0893. The molecule has 0 saturated carbocycles. The SMILES string of the molecule is O=C(N/N=C/c1c(N2CCOCC2)nc2ccccn2c1=O)c1ccccc1O. The number of phenolic OH excluding ortho intramolecular Hbond substituents is 1. The highest BCUT2D eigenvalue weighted by atomic mass is 16.5. The average Bonchev–Trinajstić information content (AvgIpc) is 2.76. The molecule has 2 N–H and O–H groups in total. The lowest BCUT2D eigenvalue weighted by atomic mass is 10.2. The number of nitrogens with one attached hydrogen (secondary N) is 1.